The molecule has 0 spiro atoms. The van der Waals surface area contributed by atoms with Gasteiger partial charge in [0.05, 0.1) is 5.75 Å². The SMILES string of the molecule is C[Si](C)(C)SCC(N)=O. The Labute approximate surface area is 60.8 Å². The van der Waals surface area contributed by atoms with E-state index in [1.165, 1.54) is 0 Å². The van der Waals surface area contributed by atoms with Crippen molar-refractivity contribution in [2.75, 3.05) is 5.75 Å². The first-order valence-electron chi connectivity index (χ1n) is 2.84. The van der Waals surface area contributed by atoms with E-state index < -0.39 is 7.22 Å². The van der Waals surface area contributed by atoms with E-state index in [-0.39, 0.29) is 5.91 Å². The molecule has 0 aliphatic heterocycles. The van der Waals surface area contributed by atoms with Crippen LogP contribution in [0.1, 0.15) is 0 Å². The molecule has 0 saturated carbocycles. The molecule has 9 heavy (non-hydrogen) atoms. The Morgan fingerprint density at radius 3 is 2.11 bits per heavy atom. The molecule has 2 N–H and O–H groups in total. The predicted octanol–water partition coefficient (Wildman–Crippen LogP) is 1.04. The first kappa shape index (κ1) is 9.04. The van der Waals surface area contributed by atoms with Crippen molar-refractivity contribution < 1.29 is 4.79 Å². The molecule has 0 aromatic rings. The number of carbonyl (C=O) groups is 1. The van der Waals surface area contributed by atoms with E-state index in [0.29, 0.717) is 5.75 Å². The molecule has 54 valence electrons. The molecule has 0 aliphatic rings. The Hall–Kier alpha value is 0.0369. The van der Waals surface area contributed by atoms with Crippen LogP contribution in [0.25, 0.3) is 0 Å². The molecule has 0 heterocycles. The zero-order chi connectivity index (χ0) is 7.49. The lowest BCUT2D eigenvalue weighted by Gasteiger charge is -2.12. The third-order valence-corrected chi connectivity index (χ3v) is 4.97. The molecule has 0 aromatic heterocycles. The van der Waals surface area contributed by atoms with Gasteiger partial charge in [0.25, 0.3) is 0 Å². The summed E-state index contributed by atoms with van der Waals surface area (Å²) in [6.07, 6.45) is 0. The summed E-state index contributed by atoms with van der Waals surface area (Å²) in [6.45, 7) is 6.59. The van der Waals surface area contributed by atoms with Crippen molar-refractivity contribution in [1.29, 1.82) is 0 Å². The van der Waals surface area contributed by atoms with Crippen LogP contribution >= 0.6 is 11.2 Å². The van der Waals surface area contributed by atoms with Gasteiger partial charge in [-0.15, -0.1) is 0 Å². The van der Waals surface area contributed by atoms with Gasteiger partial charge in [0.1, 0.15) is 7.22 Å². The second-order valence-corrected chi connectivity index (χ2v) is 12.2. The molecule has 0 atom stereocenters. The molecular formula is C5H13NOSSi. The topological polar surface area (TPSA) is 43.1 Å². The van der Waals surface area contributed by atoms with Gasteiger partial charge in [0.15, 0.2) is 0 Å². The van der Waals surface area contributed by atoms with Crippen LogP contribution in [0.4, 0.5) is 0 Å². The van der Waals surface area contributed by atoms with Crippen LogP contribution in [-0.4, -0.2) is 18.9 Å². The quantitative estimate of drug-likeness (QED) is 0.632. The Kier molecular flexibility index (Phi) is 3.28. The van der Waals surface area contributed by atoms with Gasteiger partial charge >= 0.3 is 0 Å². The lowest BCUT2D eigenvalue weighted by molar-refractivity contribution is -0.115. The fraction of sp³-hybridized carbons (Fsp3) is 0.800. The molecule has 1 amide bonds. The normalized spacial score (nSPS) is 11.4. The van der Waals surface area contributed by atoms with Crippen LogP contribution in [0, 0.1) is 0 Å². The summed E-state index contributed by atoms with van der Waals surface area (Å²) in [5.74, 6) is 0.276. The van der Waals surface area contributed by atoms with Crippen LogP contribution in [0.5, 0.6) is 0 Å². The van der Waals surface area contributed by atoms with Gasteiger partial charge in [-0.05, 0) is 0 Å². The van der Waals surface area contributed by atoms with Crippen molar-refractivity contribution in [3.63, 3.8) is 0 Å². The van der Waals surface area contributed by atoms with Crippen molar-refractivity contribution in [3.05, 3.63) is 0 Å². The first-order valence-corrected chi connectivity index (χ1v) is 8.05. The van der Waals surface area contributed by atoms with E-state index in [2.05, 4.69) is 19.6 Å². The molecule has 0 rings (SSSR count). The Morgan fingerprint density at radius 1 is 1.56 bits per heavy atom. The van der Waals surface area contributed by atoms with E-state index in [0.717, 1.165) is 0 Å². The summed E-state index contributed by atoms with van der Waals surface area (Å²) in [5, 5.41) is 0. The van der Waals surface area contributed by atoms with Crippen LogP contribution < -0.4 is 5.73 Å². The maximum Gasteiger partial charge on any atom is 0.226 e. The average Bonchev–Trinajstić information content (AvgIpc) is 1.59. The third-order valence-electron chi connectivity index (χ3n) is 0.647. The van der Waals surface area contributed by atoms with Crippen molar-refractivity contribution in [1.82, 2.24) is 0 Å². The number of rotatable bonds is 3. The highest BCUT2D eigenvalue weighted by Gasteiger charge is 2.13. The molecule has 0 aliphatic carbocycles. The molecule has 0 bridgehead atoms. The van der Waals surface area contributed by atoms with Gasteiger partial charge in [0.2, 0.25) is 5.91 Å². The molecule has 4 heteroatoms. The van der Waals surface area contributed by atoms with Gasteiger partial charge in [-0.2, -0.15) is 11.2 Å². The number of hydrogen-bond donors (Lipinski definition) is 1. The summed E-state index contributed by atoms with van der Waals surface area (Å²) < 4.78 is 0. The van der Waals surface area contributed by atoms with Gasteiger partial charge in [-0.1, -0.05) is 19.6 Å². The Bertz CT molecular complexity index is 110. The predicted molar refractivity (Wildman–Crippen MR) is 45.0 cm³/mol. The average molecular weight is 163 g/mol. The summed E-state index contributed by atoms with van der Waals surface area (Å²) in [5.41, 5.74) is 4.96. The fourth-order valence-corrected chi connectivity index (χ4v) is 2.59. The minimum atomic E-state index is -1.10. The summed E-state index contributed by atoms with van der Waals surface area (Å²) in [4.78, 5) is 10.3. The number of nitrogens with two attached hydrogens (primary N) is 1. The smallest absolute Gasteiger partial charge is 0.226 e. The Balaban J connectivity index is 3.39. The van der Waals surface area contributed by atoms with Crippen LogP contribution in [0.2, 0.25) is 19.6 Å². The number of primary amides is 1. The molecule has 0 saturated heterocycles. The Morgan fingerprint density at radius 2 is 2.00 bits per heavy atom. The number of carbonyl (C=O) groups excluding carboxylic acids is 1. The van der Waals surface area contributed by atoms with Crippen LogP contribution in [0.3, 0.4) is 0 Å². The second kappa shape index (κ2) is 3.27. The molecule has 0 aromatic carbocycles. The zero-order valence-corrected chi connectivity index (χ0v) is 7.92. The van der Waals surface area contributed by atoms with E-state index in [1.807, 2.05) is 0 Å². The summed E-state index contributed by atoms with van der Waals surface area (Å²) in [6, 6.07) is 0. The van der Waals surface area contributed by atoms with Crippen LogP contribution in [-0.2, 0) is 4.79 Å². The van der Waals surface area contributed by atoms with Gasteiger partial charge in [-0.25, -0.2) is 0 Å². The first-order chi connectivity index (χ1) is 3.92. The summed E-state index contributed by atoms with van der Waals surface area (Å²) in [7, 11) is -1.10. The molecule has 0 radical (unpaired) electrons. The lowest BCUT2D eigenvalue weighted by Crippen LogP contribution is -2.21. The van der Waals surface area contributed by atoms with Crippen molar-refractivity contribution >= 4 is 24.3 Å². The maximum atomic E-state index is 10.3. The standard InChI is InChI=1S/C5H13NOSSi/c1-9(2,3)8-4-5(6)7/h4H2,1-3H3,(H2,6,7). The lowest BCUT2D eigenvalue weighted by atomic mass is 10.8. The van der Waals surface area contributed by atoms with E-state index in [1.54, 1.807) is 11.2 Å². The highest BCUT2D eigenvalue weighted by molar-refractivity contribution is 8.29. The monoisotopic (exact) mass is 163 g/mol. The van der Waals surface area contributed by atoms with Crippen molar-refractivity contribution in [2.45, 2.75) is 19.6 Å². The second-order valence-electron chi connectivity index (χ2n) is 2.87. The number of amides is 1. The molecule has 2 nitrogen and oxygen atoms in total. The molecule has 0 fully saturated rings. The zero-order valence-electron chi connectivity index (χ0n) is 6.10. The van der Waals surface area contributed by atoms with E-state index in [4.69, 9.17) is 5.73 Å². The van der Waals surface area contributed by atoms with Gasteiger partial charge < -0.3 is 5.73 Å². The van der Waals surface area contributed by atoms with Gasteiger partial charge in [0, 0.05) is 0 Å². The van der Waals surface area contributed by atoms with Crippen LogP contribution in [0.15, 0.2) is 0 Å². The van der Waals surface area contributed by atoms with E-state index in [9.17, 15) is 4.79 Å². The minimum absolute atomic E-state index is 0.206. The fourth-order valence-electron chi connectivity index (χ4n) is 0.288. The number of hydrogen-bond acceptors (Lipinski definition) is 2. The third kappa shape index (κ3) is 8.04. The highest BCUT2D eigenvalue weighted by Crippen LogP contribution is 2.17. The van der Waals surface area contributed by atoms with E-state index >= 15 is 0 Å². The highest BCUT2D eigenvalue weighted by atomic mass is 32.4. The molecule has 0 unspecified atom stereocenters. The van der Waals surface area contributed by atoms with Crippen molar-refractivity contribution in [3.8, 4) is 0 Å². The van der Waals surface area contributed by atoms with Crippen molar-refractivity contribution in [2.24, 2.45) is 5.73 Å². The molecular weight excluding hydrogens is 150 g/mol. The van der Waals surface area contributed by atoms with Gasteiger partial charge in [-0.3, -0.25) is 4.79 Å². The maximum absolute atomic E-state index is 10.3. The summed E-state index contributed by atoms with van der Waals surface area (Å²) >= 11 is 1.71. The largest absolute Gasteiger partial charge is 0.369 e. The minimum Gasteiger partial charge on any atom is -0.369 e.